The summed E-state index contributed by atoms with van der Waals surface area (Å²) in [6.07, 6.45) is 0.991. The van der Waals surface area contributed by atoms with Gasteiger partial charge in [0.1, 0.15) is 0 Å². The van der Waals surface area contributed by atoms with Gasteiger partial charge < -0.3 is 20.7 Å². The SMILES string of the molecule is CN1CCCN(C(=O)c2ccc(/C(N)=N/O)cc2)CC1. The van der Waals surface area contributed by atoms with E-state index >= 15 is 0 Å². The lowest BCUT2D eigenvalue weighted by Gasteiger charge is -2.20. The molecule has 3 N–H and O–H groups in total. The van der Waals surface area contributed by atoms with Crippen molar-refractivity contribution in [3.05, 3.63) is 35.4 Å². The number of amides is 1. The number of oxime groups is 1. The van der Waals surface area contributed by atoms with Crippen LogP contribution in [-0.4, -0.2) is 60.0 Å². The van der Waals surface area contributed by atoms with E-state index < -0.39 is 0 Å². The highest BCUT2D eigenvalue weighted by molar-refractivity contribution is 5.99. The lowest BCUT2D eigenvalue weighted by atomic mass is 10.1. The summed E-state index contributed by atoms with van der Waals surface area (Å²) in [4.78, 5) is 16.5. The number of rotatable bonds is 2. The molecule has 1 saturated heterocycles. The summed E-state index contributed by atoms with van der Waals surface area (Å²) in [6.45, 7) is 3.45. The van der Waals surface area contributed by atoms with Crippen LogP contribution < -0.4 is 5.73 Å². The number of carbonyl (C=O) groups is 1. The van der Waals surface area contributed by atoms with Gasteiger partial charge in [0.15, 0.2) is 5.84 Å². The molecule has 1 aromatic rings. The van der Waals surface area contributed by atoms with Crippen LogP contribution in [0.2, 0.25) is 0 Å². The lowest BCUT2D eigenvalue weighted by Crippen LogP contribution is -2.34. The van der Waals surface area contributed by atoms with Crippen molar-refractivity contribution in [3.63, 3.8) is 0 Å². The molecule has 1 fully saturated rings. The summed E-state index contributed by atoms with van der Waals surface area (Å²) < 4.78 is 0. The van der Waals surface area contributed by atoms with Crippen molar-refractivity contribution >= 4 is 11.7 Å². The molecule has 1 heterocycles. The molecule has 20 heavy (non-hydrogen) atoms. The van der Waals surface area contributed by atoms with Crippen molar-refractivity contribution in [1.29, 1.82) is 0 Å². The fourth-order valence-electron chi connectivity index (χ4n) is 2.27. The van der Waals surface area contributed by atoms with E-state index in [4.69, 9.17) is 10.9 Å². The first-order valence-electron chi connectivity index (χ1n) is 6.67. The Morgan fingerprint density at radius 3 is 2.45 bits per heavy atom. The Hall–Kier alpha value is -2.08. The average Bonchev–Trinajstić information content (AvgIpc) is 2.70. The van der Waals surface area contributed by atoms with Crippen molar-refractivity contribution in [2.75, 3.05) is 33.2 Å². The van der Waals surface area contributed by atoms with Crippen molar-refractivity contribution in [2.45, 2.75) is 6.42 Å². The van der Waals surface area contributed by atoms with Gasteiger partial charge in [-0.2, -0.15) is 0 Å². The zero-order valence-electron chi connectivity index (χ0n) is 11.6. The van der Waals surface area contributed by atoms with Crippen LogP contribution in [0, 0.1) is 0 Å². The van der Waals surface area contributed by atoms with Gasteiger partial charge in [0.25, 0.3) is 5.91 Å². The second kappa shape index (κ2) is 6.38. The second-order valence-corrected chi connectivity index (χ2v) is 5.01. The van der Waals surface area contributed by atoms with E-state index in [9.17, 15) is 4.79 Å². The number of nitrogens with zero attached hydrogens (tertiary/aromatic N) is 3. The highest BCUT2D eigenvalue weighted by Crippen LogP contribution is 2.10. The third-order valence-corrected chi connectivity index (χ3v) is 3.54. The molecule has 0 unspecified atom stereocenters. The fourth-order valence-corrected chi connectivity index (χ4v) is 2.27. The Balaban J connectivity index is 2.09. The molecule has 1 aliphatic heterocycles. The Morgan fingerprint density at radius 2 is 1.80 bits per heavy atom. The van der Waals surface area contributed by atoms with Crippen LogP contribution in [0.4, 0.5) is 0 Å². The first kappa shape index (κ1) is 14.3. The fraction of sp³-hybridized carbons (Fsp3) is 0.429. The zero-order chi connectivity index (χ0) is 14.5. The molecule has 1 aromatic carbocycles. The van der Waals surface area contributed by atoms with E-state index in [0.717, 1.165) is 32.6 Å². The highest BCUT2D eigenvalue weighted by Gasteiger charge is 2.18. The Labute approximate surface area is 118 Å². The van der Waals surface area contributed by atoms with Gasteiger partial charge in [0.2, 0.25) is 0 Å². The van der Waals surface area contributed by atoms with Gasteiger partial charge in [-0.3, -0.25) is 4.79 Å². The summed E-state index contributed by atoms with van der Waals surface area (Å²) in [5.41, 5.74) is 6.72. The largest absolute Gasteiger partial charge is 0.409 e. The van der Waals surface area contributed by atoms with Crippen LogP contribution >= 0.6 is 0 Å². The first-order chi connectivity index (χ1) is 9.61. The number of hydrogen-bond acceptors (Lipinski definition) is 4. The summed E-state index contributed by atoms with van der Waals surface area (Å²) >= 11 is 0. The van der Waals surface area contributed by atoms with Gasteiger partial charge in [0.05, 0.1) is 0 Å². The normalized spacial score (nSPS) is 17.9. The molecule has 0 aliphatic carbocycles. The second-order valence-electron chi connectivity index (χ2n) is 5.01. The van der Waals surface area contributed by atoms with E-state index in [-0.39, 0.29) is 11.7 Å². The van der Waals surface area contributed by atoms with Gasteiger partial charge >= 0.3 is 0 Å². The summed E-state index contributed by atoms with van der Waals surface area (Å²) in [5.74, 6) is 0.0757. The van der Waals surface area contributed by atoms with E-state index in [1.165, 1.54) is 0 Å². The monoisotopic (exact) mass is 276 g/mol. The number of benzene rings is 1. The van der Waals surface area contributed by atoms with Gasteiger partial charge in [-0.15, -0.1) is 0 Å². The number of likely N-dealkylation sites (N-methyl/N-ethyl adjacent to an activating group) is 1. The molecule has 0 aromatic heterocycles. The summed E-state index contributed by atoms with van der Waals surface area (Å²) in [6, 6.07) is 6.80. The highest BCUT2D eigenvalue weighted by atomic mass is 16.4. The topological polar surface area (TPSA) is 82.2 Å². The molecule has 1 aliphatic rings. The molecule has 108 valence electrons. The van der Waals surface area contributed by atoms with Crippen LogP contribution in [0.15, 0.2) is 29.4 Å². The quantitative estimate of drug-likeness (QED) is 0.358. The molecule has 2 rings (SSSR count). The van der Waals surface area contributed by atoms with Crippen LogP contribution in [0.3, 0.4) is 0 Å². The molecular formula is C14H20N4O2. The van der Waals surface area contributed by atoms with Crippen LogP contribution in [0.1, 0.15) is 22.3 Å². The number of amidine groups is 1. The van der Waals surface area contributed by atoms with Gasteiger partial charge in [-0.1, -0.05) is 17.3 Å². The van der Waals surface area contributed by atoms with Crippen molar-refractivity contribution < 1.29 is 10.0 Å². The maximum Gasteiger partial charge on any atom is 0.253 e. The summed E-state index contributed by atoms with van der Waals surface area (Å²) in [5, 5.41) is 11.5. The van der Waals surface area contributed by atoms with E-state index in [0.29, 0.717) is 11.1 Å². The molecular weight excluding hydrogens is 256 g/mol. The predicted molar refractivity (Wildman–Crippen MR) is 77.0 cm³/mol. The maximum absolute atomic E-state index is 12.4. The average molecular weight is 276 g/mol. The van der Waals surface area contributed by atoms with E-state index in [1.54, 1.807) is 24.3 Å². The third kappa shape index (κ3) is 3.27. The van der Waals surface area contributed by atoms with Gasteiger partial charge in [0, 0.05) is 30.8 Å². The maximum atomic E-state index is 12.4. The Morgan fingerprint density at radius 1 is 1.15 bits per heavy atom. The lowest BCUT2D eigenvalue weighted by molar-refractivity contribution is 0.0763. The molecule has 0 atom stereocenters. The number of hydrogen-bond donors (Lipinski definition) is 2. The smallest absolute Gasteiger partial charge is 0.253 e. The standard InChI is InChI=1S/C14H20N4O2/c1-17-7-2-8-18(10-9-17)14(19)12-5-3-11(4-6-12)13(15)16-20/h3-6,20H,2,7-10H2,1H3,(H2,15,16). The van der Waals surface area contributed by atoms with Crippen molar-refractivity contribution in [1.82, 2.24) is 9.80 Å². The Kier molecular flexibility index (Phi) is 4.57. The molecule has 1 amide bonds. The number of carbonyl (C=O) groups excluding carboxylic acids is 1. The molecule has 6 heteroatoms. The molecule has 0 bridgehead atoms. The summed E-state index contributed by atoms with van der Waals surface area (Å²) in [7, 11) is 2.07. The first-order valence-corrected chi connectivity index (χ1v) is 6.67. The van der Waals surface area contributed by atoms with Gasteiger partial charge in [-0.25, -0.2) is 0 Å². The third-order valence-electron chi connectivity index (χ3n) is 3.54. The minimum atomic E-state index is 0.0337. The van der Waals surface area contributed by atoms with Crippen LogP contribution in [0.25, 0.3) is 0 Å². The molecule has 6 nitrogen and oxygen atoms in total. The molecule has 0 saturated carbocycles. The Bertz CT molecular complexity index is 498. The minimum Gasteiger partial charge on any atom is -0.409 e. The predicted octanol–water partition coefficient (Wildman–Crippen LogP) is 0.559. The minimum absolute atomic E-state index is 0.0337. The van der Waals surface area contributed by atoms with E-state index in [2.05, 4.69) is 17.1 Å². The van der Waals surface area contributed by atoms with Crippen molar-refractivity contribution in [3.8, 4) is 0 Å². The van der Waals surface area contributed by atoms with E-state index in [1.807, 2.05) is 4.90 Å². The van der Waals surface area contributed by atoms with Gasteiger partial charge in [-0.05, 0) is 32.1 Å². The van der Waals surface area contributed by atoms with Crippen LogP contribution in [-0.2, 0) is 0 Å². The zero-order valence-corrected chi connectivity index (χ0v) is 11.6. The van der Waals surface area contributed by atoms with Crippen LogP contribution in [0.5, 0.6) is 0 Å². The number of nitrogens with two attached hydrogens (primary N) is 1. The molecule has 0 spiro atoms. The van der Waals surface area contributed by atoms with Crippen molar-refractivity contribution in [2.24, 2.45) is 10.9 Å². The molecule has 0 radical (unpaired) electrons.